The summed E-state index contributed by atoms with van der Waals surface area (Å²) in [6.07, 6.45) is 0. The fourth-order valence-corrected chi connectivity index (χ4v) is 3.43. The topological polar surface area (TPSA) is 84.5 Å². The molecule has 1 heterocycles. The van der Waals surface area contributed by atoms with Gasteiger partial charge in [-0.1, -0.05) is 15.9 Å². The van der Waals surface area contributed by atoms with Crippen LogP contribution in [0.5, 0.6) is 5.75 Å². The van der Waals surface area contributed by atoms with Gasteiger partial charge in [0.15, 0.2) is 6.61 Å². The van der Waals surface area contributed by atoms with E-state index in [1.807, 2.05) is 0 Å². The van der Waals surface area contributed by atoms with Crippen LogP contribution in [-0.4, -0.2) is 20.9 Å². The molecule has 0 spiro atoms. The number of carbonyl (C=O) groups excluding carboxylic acids is 1. The summed E-state index contributed by atoms with van der Waals surface area (Å²) < 4.78 is 46.3. The Morgan fingerprint density at radius 2 is 2.00 bits per heavy atom. The van der Waals surface area contributed by atoms with Gasteiger partial charge in [0.05, 0.1) is 16.3 Å². The Morgan fingerprint density at radius 1 is 1.22 bits per heavy atom. The van der Waals surface area contributed by atoms with E-state index in [9.17, 15) is 17.6 Å². The molecule has 3 rings (SSSR count). The molecule has 2 aromatic rings. The first-order valence-corrected chi connectivity index (χ1v) is 8.67. The minimum Gasteiger partial charge on any atom is -0.482 e. The highest BCUT2D eigenvalue weighted by molar-refractivity contribution is 9.10. The van der Waals surface area contributed by atoms with E-state index >= 15 is 0 Å². The third kappa shape index (κ3) is 3.30. The first-order valence-electron chi connectivity index (χ1n) is 6.40. The fraction of sp³-hybridized carbons (Fsp3) is 0.0714. The maximum absolute atomic E-state index is 13.8. The highest BCUT2D eigenvalue weighted by atomic mass is 79.9. The lowest BCUT2D eigenvalue weighted by atomic mass is 10.2. The second-order valence-corrected chi connectivity index (χ2v) is 7.32. The molecule has 0 aliphatic carbocycles. The van der Waals surface area contributed by atoms with Crippen LogP contribution in [0.3, 0.4) is 0 Å². The van der Waals surface area contributed by atoms with Crippen LogP contribution in [-0.2, 0) is 14.8 Å². The molecular formula is C14H10BrFN2O4S. The van der Waals surface area contributed by atoms with Crippen molar-refractivity contribution < 1.29 is 22.3 Å². The standard InChI is InChI=1S/C14H10BrFN2O4S/c15-8-1-3-11(10(16)5-8)18-23(20,21)9-2-4-13-12(6-9)17-14(19)7-22-13/h1-6,18H,7H2,(H,17,19). The Kier molecular flexibility index (Phi) is 3.99. The number of nitrogens with one attached hydrogen (secondary N) is 2. The van der Waals surface area contributed by atoms with Crippen molar-refractivity contribution in [2.75, 3.05) is 16.6 Å². The summed E-state index contributed by atoms with van der Waals surface area (Å²) in [5.74, 6) is -0.713. The van der Waals surface area contributed by atoms with Gasteiger partial charge in [-0.25, -0.2) is 12.8 Å². The van der Waals surface area contributed by atoms with E-state index in [0.29, 0.717) is 10.2 Å². The van der Waals surface area contributed by atoms with Crippen LogP contribution in [0.25, 0.3) is 0 Å². The van der Waals surface area contributed by atoms with Gasteiger partial charge >= 0.3 is 0 Å². The number of halogens is 2. The first kappa shape index (κ1) is 15.8. The molecule has 9 heteroatoms. The van der Waals surface area contributed by atoms with Gasteiger partial charge in [-0.15, -0.1) is 0 Å². The molecule has 1 aliphatic heterocycles. The first-order chi connectivity index (χ1) is 10.8. The van der Waals surface area contributed by atoms with Crippen molar-refractivity contribution in [1.82, 2.24) is 0 Å². The van der Waals surface area contributed by atoms with E-state index in [4.69, 9.17) is 4.74 Å². The minimum absolute atomic E-state index is 0.121. The van der Waals surface area contributed by atoms with Crippen molar-refractivity contribution in [2.24, 2.45) is 0 Å². The molecule has 0 atom stereocenters. The largest absolute Gasteiger partial charge is 0.482 e. The quantitative estimate of drug-likeness (QED) is 0.829. The Labute approximate surface area is 139 Å². The molecule has 0 bridgehead atoms. The van der Waals surface area contributed by atoms with Crippen LogP contribution in [0.1, 0.15) is 0 Å². The fourth-order valence-electron chi connectivity index (χ4n) is 2.01. The van der Waals surface area contributed by atoms with Crippen molar-refractivity contribution in [3.63, 3.8) is 0 Å². The molecule has 0 unspecified atom stereocenters. The van der Waals surface area contributed by atoms with E-state index in [2.05, 4.69) is 26.0 Å². The zero-order chi connectivity index (χ0) is 16.6. The lowest BCUT2D eigenvalue weighted by Crippen LogP contribution is -2.25. The molecule has 23 heavy (non-hydrogen) atoms. The van der Waals surface area contributed by atoms with Gasteiger partial charge < -0.3 is 10.1 Å². The summed E-state index contributed by atoms with van der Waals surface area (Å²) in [7, 11) is -4.01. The number of rotatable bonds is 3. The number of sulfonamides is 1. The molecule has 0 aromatic heterocycles. The third-order valence-electron chi connectivity index (χ3n) is 3.07. The maximum Gasteiger partial charge on any atom is 0.262 e. The summed E-state index contributed by atoms with van der Waals surface area (Å²) in [6.45, 7) is -0.124. The number of benzene rings is 2. The van der Waals surface area contributed by atoms with Crippen molar-refractivity contribution in [1.29, 1.82) is 0 Å². The highest BCUT2D eigenvalue weighted by Crippen LogP contribution is 2.31. The Hall–Kier alpha value is -2.13. The Balaban J connectivity index is 1.93. The zero-order valence-corrected chi connectivity index (χ0v) is 13.9. The van der Waals surface area contributed by atoms with Crippen molar-refractivity contribution in [3.05, 3.63) is 46.7 Å². The SMILES string of the molecule is O=C1COc2ccc(S(=O)(=O)Nc3ccc(Br)cc3F)cc2N1. The van der Waals surface area contributed by atoms with E-state index in [-0.39, 0.29) is 28.8 Å². The minimum atomic E-state index is -4.01. The van der Waals surface area contributed by atoms with Gasteiger partial charge in [0.25, 0.3) is 15.9 Å². The van der Waals surface area contributed by atoms with Gasteiger partial charge in [-0.05, 0) is 36.4 Å². The van der Waals surface area contributed by atoms with E-state index in [1.54, 1.807) is 0 Å². The number of ether oxygens (including phenoxy) is 1. The van der Waals surface area contributed by atoms with Crippen LogP contribution in [0, 0.1) is 5.82 Å². The number of carbonyl (C=O) groups is 1. The summed E-state index contributed by atoms with van der Waals surface area (Å²) >= 11 is 3.10. The van der Waals surface area contributed by atoms with Crippen molar-refractivity contribution in [3.8, 4) is 5.75 Å². The smallest absolute Gasteiger partial charge is 0.262 e. The van der Waals surface area contributed by atoms with Crippen LogP contribution in [0.15, 0.2) is 45.8 Å². The third-order valence-corrected chi connectivity index (χ3v) is 4.93. The second kappa shape index (κ2) is 5.82. The molecule has 120 valence electrons. The molecule has 0 radical (unpaired) electrons. The van der Waals surface area contributed by atoms with Gasteiger partial charge in [-0.2, -0.15) is 0 Å². The monoisotopic (exact) mass is 400 g/mol. The van der Waals surface area contributed by atoms with Crippen LogP contribution < -0.4 is 14.8 Å². The second-order valence-electron chi connectivity index (χ2n) is 4.72. The average molecular weight is 401 g/mol. The van der Waals surface area contributed by atoms with Crippen molar-refractivity contribution in [2.45, 2.75) is 4.90 Å². The number of hydrogen-bond donors (Lipinski definition) is 2. The Morgan fingerprint density at radius 3 is 2.74 bits per heavy atom. The normalized spacial score (nSPS) is 13.7. The number of hydrogen-bond acceptors (Lipinski definition) is 4. The summed E-state index contributed by atoms with van der Waals surface area (Å²) in [5.41, 5.74) is 0.0756. The summed E-state index contributed by atoms with van der Waals surface area (Å²) in [4.78, 5) is 11.2. The van der Waals surface area contributed by atoms with Gasteiger partial charge in [0.1, 0.15) is 11.6 Å². The van der Waals surface area contributed by atoms with Gasteiger partial charge in [0.2, 0.25) is 0 Å². The van der Waals surface area contributed by atoms with Crippen LogP contribution >= 0.6 is 15.9 Å². The summed E-state index contributed by atoms with van der Waals surface area (Å²) in [5, 5.41) is 2.52. The van der Waals surface area contributed by atoms with Crippen molar-refractivity contribution >= 4 is 43.2 Å². The lowest BCUT2D eigenvalue weighted by molar-refractivity contribution is -0.118. The van der Waals surface area contributed by atoms with E-state index < -0.39 is 15.8 Å². The zero-order valence-electron chi connectivity index (χ0n) is 11.5. The maximum atomic E-state index is 13.8. The summed E-state index contributed by atoms with van der Waals surface area (Å²) in [6, 6.07) is 7.98. The molecule has 2 N–H and O–H groups in total. The molecule has 0 fully saturated rings. The van der Waals surface area contributed by atoms with E-state index in [1.165, 1.54) is 30.3 Å². The molecular weight excluding hydrogens is 391 g/mol. The average Bonchev–Trinajstić information content (AvgIpc) is 2.49. The predicted octanol–water partition coefficient (Wildman–Crippen LogP) is 2.72. The molecule has 1 aliphatic rings. The van der Waals surface area contributed by atoms with Crippen LogP contribution in [0.2, 0.25) is 0 Å². The lowest BCUT2D eigenvalue weighted by Gasteiger charge is -2.18. The number of fused-ring (bicyclic) bond motifs is 1. The van der Waals surface area contributed by atoms with Gasteiger partial charge in [0, 0.05) is 4.47 Å². The number of amides is 1. The number of anilines is 2. The van der Waals surface area contributed by atoms with Gasteiger partial charge in [-0.3, -0.25) is 9.52 Å². The molecule has 2 aromatic carbocycles. The molecule has 0 saturated heterocycles. The highest BCUT2D eigenvalue weighted by Gasteiger charge is 2.21. The Bertz CT molecular complexity index is 902. The molecule has 0 saturated carbocycles. The van der Waals surface area contributed by atoms with Crippen LogP contribution in [0.4, 0.5) is 15.8 Å². The molecule has 1 amide bonds. The molecule has 6 nitrogen and oxygen atoms in total. The predicted molar refractivity (Wildman–Crippen MR) is 85.5 cm³/mol. The van der Waals surface area contributed by atoms with E-state index in [0.717, 1.165) is 6.07 Å².